The molecule has 4 heterocycles. The van der Waals surface area contributed by atoms with Crippen molar-refractivity contribution < 1.29 is 14.3 Å². The molecule has 0 bridgehead atoms. The minimum atomic E-state index is 0.0552. The Bertz CT molecular complexity index is 675. The first-order valence-electron chi connectivity index (χ1n) is 10.3. The number of fused-ring (bicyclic) bond motifs is 1. The Morgan fingerprint density at radius 2 is 2.07 bits per heavy atom. The van der Waals surface area contributed by atoms with Gasteiger partial charge >= 0.3 is 0 Å². The predicted octanol–water partition coefficient (Wildman–Crippen LogP) is 1.41. The molecule has 6 heteroatoms. The van der Waals surface area contributed by atoms with Crippen LogP contribution in [0.4, 0.5) is 0 Å². The van der Waals surface area contributed by atoms with E-state index in [4.69, 9.17) is 9.47 Å². The zero-order chi connectivity index (χ0) is 18.3. The highest BCUT2D eigenvalue weighted by Gasteiger charge is 2.59. The predicted molar refractivity (Wildman–Crippen MR) is 99.9 cm³/mol. The summed E-state index contributed by atoms with van der Waals surface area (Å²) < 4.78 is 11.5. The van der Waals surface area contributed by atoms with Crippen LogP contribution in [0.25, 0.3) is 0 Å². The fraction of sp³-hybridized carbons (Fsp3) is 0.714. The van der Waals surface area contributed by atoms with Gasteiger partial charge in [0.25, 0.3) is 0 Å². The third-order valence-electron chi connectivity index (χ3n) is 6.84. The molecule has 2 unspecified atom stereocenters. The number of nitrogens with zero attached hydrogens (tertiary/aromatic N) is 3. The largest absolute Gasteiger partial charge is 0.381 e. The number of ether oxygens (including phenoxy) is 2. The van der Waals surface area contributed by atoms with E-state index in [2.05, 4.69) is 20.9 Å². The van der Waals surface area contributed by atoms with Crippen LogP contribution in [0, 0.1) is 23.2 Å². The Balaban J connectivity index is 1.26. The number of pyridine rings is 1. The summed E-state index contributed by atoms with van der Waals surface area (Å²) in [6.07, 6.45) is 4.07. The van der Waals surface area contributed by atoms with Gasteiger partial charge in [-0.3, -0.25) is 14.7 Å². The maximum absolute atomic E-state index is 13.1. The van der Waals surface area contributed by atoms with Crippen LogP contribution in [-0.2, 0) is 20.8 Å². The third kappa shape index (κ3) is 3.50. The lowest BCUT2D eigenvalue weighted by atomic mass is 9.80. The van der Waals surface area contributed by atoms with Crippen molar-refractivity contribution in [2.75, 3.05) is 52.6 Å². The standard InChI is InChI=1S/C21H29N3O3/c25-20(19-17-11-27-12-18(17)19)24-7-3-5-21(14-24)13-23(8-9-26-15-21)10-16-4-1-2-6-22-16/h1-2,4,6,17-19H,3,5,7-15H2/t17-,18+,19?,21?. The van der Waals surface area contributed by atoms with Crippen LogP contribution in [0.1, 0.15) is 18.5 Å². The Kier molecular flexibility index (Phi) is 4.66. The summed E-state index contributed by atoms with van der Waals surface area (Å²) in [4.78, 5) is 22.1. The van der Waals surface area contributed by atoms with Crippen molar-refractivity contribution in [3.8, 4) is 0 Å². The lowest BCUT2D eigenvalue weighted by Gasteiger charge is -2.44. The van der Waals surface area contributed by atoms with E-state index in [1.54, 1.807) is 0 Å². The molecule has 1 aliphatic carbocycles. The molecule has 0 N–H and O–H groups in total. The molecule has 1 aromatic rings. The zero-order valence-corrected chi connectivity index (χ0v) is 15.9. The van der Waals surface area contributed by atoms with Gasteiger partial charge in [-0.2, -0.15) is 0 Å². The van der Waals surface area contributed by atoms with Crippen molar-refractivity contribution in [3.63, 3.8) is 0 Å². The van der Waals surface area contributed by atoms with E-state index in [1.807, 2.05) is 18.3 Å². The normalized spacial score (nSPS) is 36.4. The van der Waals surface area contributed by atoms with Crippen molar-refractivity contribution in [2.45, 2.75) is 19.4 Å². The Hall–Kier alpha value is -1.50. The van der Waals surface area contributed by atoms with Crippen LogP contribution in [0.5, 0.6) is 0 Å². The molecule has 3 aliphatic heterocycles. The van der Waals surface area contributed by atoms with E-state index in [1.165, 1.54) is 0 Å². The smallest absolute Gasteiger partial charge is 0.226 e. The van der Waals surface area contributed by atoms with Crippen LogP contribution in [-0.4, -0.2) is 73.3 Å². The van der Waals surface area contributed by atoms with Gasteiger partial charge in [0.15, 0.2) is 0 Å². The molecule has 1 aromatic heterocycles. The molecule has 0 aromatic carbocycles. The lowest BCUT2D eigenvalue weighted by Crippen LogP contribution is -2.52. The number of amides is 1. The van der Waals surface area contributed by atoms with Gasteiger partial charge < -0.3 is 14.4 Å². The summed E-state index contributed by atoms with van der Waals surface area (Å²) in [6, 6.07) is 6.09. The molecular formula is C21H29N3O3. The summed E-state index contributed by atoms with van der Waals surface area (Å²) in [7, 11) is 0. The average molecular weight is 371 g/mol. The molecule has 5 rings (SSSR count). The van der Waals surface area contributed by atoms with Gasteiger partial charge in [0.2, 0.25) is 5.91 Å². The van der Waals surface area contributed by atoms with Crippen LogP contribution in [0.15, 0.2) is 24.4 Å². The topological polar surface area (TPSA) is 54.9 Å². The number of hydrogen-bond acceptors (Lipinski definition) is 5. The highest BCUT2D eigenvalue weighted by molar-refractivity contribution is 5.82. The first-order chi connectivity index (χ1) is 13.2. The maximum atomic E-state index is 13.1. The molecule has 0 radical (unpaired) electrons. The molecule has 1 spiro atoms. The maximum Gasteiger partial charge on any atom is 0.226 e. The highest BCUT2D eigenvalue weighted by Crippen LogP contribution is 2.52. The van der Waals surface area contributed by atoms with Gasteiger partial charge in [0, 0.05) is 50.3 Å². The SMILES string of the molecule is O=C(C1[C@H]2COC[C@@H]12)N1CCCC2(COCCN(Cc3ccccn3)C2)C1. The second kappa shape index (κ2) is 7.15. The van der Waals surface area contributed by atoms with E-state index in [0.717, 1.165) is 77.7 Å². The van der Waals surface area contributed by atoms with E-state index < -0.39 is 0 Å². The molecular weight excluding hydrogens is 342 g/mol. The molecule has 27 heavy (non-hydrogen) atoms. The van der Waals surface area contributed by atoms with Gasteiger partial charge in [-0.15, -0.1) is 0 Å². The van der Waals surface area contributed by atoms with Crippen LogP contribution < -0.4 is 0 Å². The van der Waals surface area contributed by atoms with Crippen molar-refractivity contribution in [3.05, 3.63) is 30.1 Å². The minimum Gasteiger partial charge on any atom is -0.381 e. The number of likely N-dealkylation sites (tertiary alicyclic amines) is 1. The summed E-state index contributed by atoms with van der Waals surface area (Å²) in [5, 5.41) is 0. The Morgan fingerprint density at radius 1 is 1.19 bits per heavy atom. The number of rotatable bonds is 3. The second-order valence-corrected chi connectivity index (χ2v) is 8.84. The zero-order valence-electron chi connectivity index (χ0n) is 15.9. The number of piperidine rings is 1. The first kappa shape index (κ1) is 17.6. The van der Waals surface area contributed by atoms with Gasteiger partial charge in [0.05, 0.1) is 32.1 Å². The highest BCUT2D eigenvalue weighted by atomic mass is 16.5. The monoisotopic (exact) mass is 371 g/mol. The number of aromatic nitrogens is 1. The lowest BCUT2D eigenvalue weighted by molar-refractivity contribution is -0.138. The quantitative estimate of drug-likeness (QED) is 0.804. The van der Waals surface area contributed by atoms with E-state index >= 15 is 0 Å². The molecule has 6 nitrogen and oxygen atoms in total. The van der Waals surface area contributed by atoms with E-state index in [0.29, 0.717) is 17.7 Å². The van der Waals surface area contributed by atoms with E-state index in [-0.39, 0.29) is 11.3 Å². The van der Waals surface area contributed by atoms with Gasteiger partial charge in [-0.25, -0.2) is 0 Å². The minimum absolute atomic E-state index is 0.0552. The molecule has 4 atom stereocenters. The fourth-order valence-corrected chi connectivity index (χ4v) is 5.40. The Labute approximate surface area is 160 Å². The van der Waals surface area contributed by atoms with Gasteiger partial charge in [-0.05, 0) is 36.8 Å². The first-order valence-corrected chi connectivity index (χ1v) is 10.3. The van der Waals surface area contributed by atoms with Crippen LogP contribution in [0.3, 0.4) is 0 Å². The fourth-order valence-electron chi connectivity index (χ4n) is 5.40. The summed E-state index contributed by atoms with van der Waals surface area (Å²) in [5.74, 6) is 1.57. The molecule has 4 fully saturated rings. The molecule has 1 amide bonds. The summed E-state index contributed by atoms with van der Waals surface area (Å²) >= 11 is 0. The van der Waals surface area contributed by atoms with Crippen LogP contribution in [0.2, 0.25) is 0 Å². The van der Waals surface area contributed by atoms with Crippen molar-refractivity contribution >= 4 is 5.91 Å². The number of carbonyl (C=O) groups is 1. The number of hydrogen-bond donors (Lipinski definition) is 0. The van der Waals surface area contributed by atoms with Crippen molar-refractivity contribution in [2.24, 2.45) is 23.2 Å². The van der Waals surface area contributed by atoms with E-state index in [9.17, 15) is 4.79 Å². The second-order valence-electron chi connectivity index (χ2n) is 8.84. The average Bonchev–Trinajstić information content (AvgIpc) is 3.24. The third-order valence-corrected chi connectivity index (χ3v) is 6.84. The summed E-state index contributed by atoms with van der Waals surface area (Å²) in [5.41, 5.74) is 1.16. The summed E-state index contributed by atoms with van der Waals surface area (Å²) in [6.45, 7) is 7.57. The van der Waals surface area contributed by atoms with Gasteiger partial charge in [-0.1, -0.05) is 6.07 Å². The molecule has 3 saturated heterocycles. The van der Waals surface area contributed by atoms with Crippen molar-refractivity contribution in [1.29, 1.82) is 0 Å². The molecule has 4 aliphatic rings. The molecule has 146 valence electrons. The molecule has 1 saturated carbocycles. The van der Waals surface area contributed by atoms with Crippen LogP contribution >= 0.6 is 0 Å². The van der Waals surface area contributed by atoms with Gasteiger partial charge in [0.1, 0.15) is 0 Å². The number of carbonyl (C=O) groups excluding carboxylic acids is 1. The Morgan fingerprint density at radius 3 is 2.89 bits per heavy atom. The van der Waals surface area contributed by atoms with Crippen molar-refractivity contribution in [1.82, 2.24) is 14.8 Å².